The summed E-state index contributed by atoms with van der Waals surface area (Å²) < 4.78 is 13.1. The standard InChI is InChI=1S/C20H17FN4O.ClH/c21-13-7-5-12(6-8-13)9-17(23)15-10-18(25-20(24)16(15)11-22)14-3-1-2-4-19(14)26;/h1-8,10,17,26H,9,23H2,(H2,24,25);1H/t17-;/m0./s1. The van der Waals surface area contributed by atoms with Gasteiger partial charge in [0.05, 0.1) is 11.3 Å². The van der Waals surface area contributed by atoms with Gasteiger partial charge in [-0.15, -0.1) is 12.4 Å². The molecule has 0 unspecified atom stereocenters. The van der Waals surface area contributed by atoms with Crippen LogP contribution in [-0.2, 0) is 6.42 Å². The Balaban J connectivity index is 0.00000261. The van der Waals surface area contributed by atoms with Crippen molar-refractivity contribution in [1.82, 2.24) is 4.98 Å². The van der Waals surface area contributed by atoms with E-state index in [9.17, 15) is 14.8 Å². The molecule has 0 fully saturated rings. The molecule has 3 rings (SSSR count). The number of aromatic hydroxyl groups is 1. The molecule has 1 atom stereocenters. The molecule has 0 amide bonds. The summed E-state index contributed by atoms with van der Waals surface area (Å²) >= 11 is 0. The Morgan fingerprint density at radius 2 is 1.81 bits per heavy atom. The fourth-order valence-corrected chi connectivity index (χ4v) is 2.81. The van der Waals surface area contributed by atoms with Gasteiger partial charge in [-0.25, -0.2) is 9.37 Å². The van der Waals surface area contributed by atoms with Crippen LogP contribution in [0.5, 0.6) is 5.75 Å². The third kappa shape index (κ3) is 4.34. The normalized spacial score (nSPS) is 11.3. The van der Waals surface area contributed by atoms with E-state index in [-0.39, 0.29) is 35.4 Å². The van der Waals surface area contributed by atoms with Crippen molar-refractivity contribution in [3.63, 3.8) is 0 Å². The van der Waals surface area contributed by atoms with Crippen molar-refractivity contribution in [1.29, 1.82) is 5.26 Å². The van der Waals surface area contributed by atoms with Gasteiger partial charge in [0.25, 0.3) is 0 Å². The number of hydrogen-bond donors (Lipinski definition) is 3. The lowest BCUT2D eigenvalue weighted by Gasteiger charge is -2.17. The number of para-hydroxylation sites is 1. The van der Waals surface area contributed by atoms with Gasteiger partial charge in [0.2, 0.25) is 0 Å². The molecule has 0 aliphatic carbocycles. The molecule has 5 nitrogen and oxygen atoms in total. The van der Waals surface area contributed by atoms with E-state index in [0.717, 1.165) is 5.56 Å². The molecule has 1 aromatic heterocycles. The number of anilines is 1. The zero-order chi connectivity index (χ0) is 18.7. The third-order valence-corrected chi connectivity index (χ3v) is 4.14. The van der Waals surface area contributed by atoms with Crippen LogP contribution in [0.15, 0.2) is 54.6 Å². The van der Waals surface area contributed by atoms with Gasteiger partial charge in [-0.1, -0.05) is 24.3 Å². The van der Waals surface area contributed by atoms with Crippen molar-refractivity contribution >= 4 is 18.2 Å². The van der Waals surface area contributed by atoms with Crippen LogP contribution in [0.4, 0.5) is 10.2 Å². The first-order chi connectivity index (χ1) is 12.5. The molecule has 138 valence electrons. The quantitative estimate of drug-likeness (QED) is 0.635. The SMILES string of the molecule is Cl.N#Cc1c([C@@H](N)Cc2ccc(F)cc2)cc(-c2ccccc2O)nc1N. The number of benzene rings is 2. The van der Waals surface area contributed by atoms with Crippen molar-refractivity contribution < 1.29 is 9.50 Å². The second-order valence-corrected chi connectivity index (χ2v) is 5.92. The summed E-state index contributed by atoms with van der Waals surface area (Å²) in [4.78, 5) is 4.23. The minimum absolute atomic E-state index is 0. The largest absolute Gasteiger partial charge is 0.507 e. The molecule has 1 heterocycles. The van der Waals surface area contributed by atoms with Gasteiger partial charge in [0.1, 0.15) is 23.5 Å². The van der Waals surface area contributed by atoms with Crippen LogP contribution in [0, 0.1) is 17.1 Å². The molecule has 0 bridgehead atoms. The summed E-state index contributed by atoms with van der Waals surface area (Å²) in [5, 5.41) is 19.5. The Kier molecular flexibility index (Phi) is 6.35. The van der Waals surface area contributed by atoms with Crippen LogP contribution in [0.25, 0.3) is 11.3 Å². The number of halogens is 2. The first-order valence-electron chi connectivity index (χ1n) is 7.98. The van der Waals surface area contributed by atoms with E-state index < -0.39 is 6.04 Å². The number of nitrogens with two attached hydrogens (primary N) is 2. The molecule has 27 heavy (non-hydrogen) atoms. The van der Waals surface area contributed by atoms with Crippen LogP contribution in [0.3, 0.4) is 0 Å². The molecule has 0 saturated carbocycles. The lowest BCUT2D eigenvalue weighted by atomic mass is 9.94. The number of nitrogen functional groups attached to an aromatic ring is 1. The maximum atomic E-state index is 13.1. The Morgan fingerprint density at radius 1 is 1.15 bits per heavy atom. The van der Waals surface area contributed by atoms with Crippen molar-refractivity contribution in [3.8, 4) is 23.1 Å². The van der Waals surface area contributed by atoms with E-state index in [4.69, 9.17) is 11.5 Å². The number of nitriles is 1. The second kappa shape index (κ2) is 8.49. The molecule has 2 aromatic carbocycles. The summed E-state index contributed by atoms with van der Waals surface area (Å²) in [6.45, 7) is 0. The number of pyridine rings is 1. The van der Waals surface area contributed by atoms with Gasteiger partial charge in [-0.3, -0.25) is 0 Å². The second-order valence-electron chi connectivity index (χ2n) is 5.92. The smallest absolute Gasteiger partial charge is 0.142 e. The molecular weight excluding hydrogens is 367 g/mol. The van der Waals surface area contributed by atoms with E-state index in [0.29, 0.717) is 23.2 Å². The minimum atomic E-state index is -0.537. The molecule has 0 aliphatic heterocycles. The number of hydrogen-bond acceptors (Lipinski definition) is 5. The summed E-state index contributed by atoms with van der Waals surface area (Å²) in [5.74, 6) is -0.213. The Labute approximate surface area is 162 Å². The highest BCUT2D eigenvalue weighted by Crippen LogP contribution is 2.32. The number of nitrogens with zero attached hydrogens (tertiary/aromatic N) is 2. The van der Waals surface area contributed by atoms with E-state index in [1.807, 2.05) is 6.07 Å². The highest BCUT2D eigenvalue weighted by atomic mass is 35.5. The number of rotatable bonds is 4. The molecular formula is C20H18ClFN4O. The number of phenols is 1. The van der Waals surface area contributed by atoms with Gasteiger partial charge in [-0.05, 0) is 47.9 Å². The molecule has 0 saturated heterocycles. The van der Waals surface area contributed by atoms with Crippen LogP contribution in [0.1, 0.15) is 22.7 Å². The molecule has 3 aromatic rings. The third-order valence-electron chi connectivity index (χ3n) is 4.14. The maximum Gasteiger partial charge on any atom is 0.142 e. The highest BCUT2D eigenvalue weighted by Gasteiger charge is 2.18. The summed E-state index contributed by atoms with van der Waals surface area (Å²) in [5.41, 5.74) is 14.8. The predicted octanol–water partition coefficient (Wildman–Crippen LogP) is 3.71. The summed E-state index contributed by atoms with van der Waals surface area (Å²) in [6, 6.07) is 15.9. The number of aromatic nitrogens is 1. The zero-order valence-electron chi connectivity index (χ0n) is 14.3. The average Bonchev–Trinajstić information content (AvgIpc) is 2.63. The van der Waals surface area contributed by atoms with E-state index >= 15 is 0 Å². The van der Waals surface area contributed by atoms with Crippen molar-refractivity contribution in [2.75, 3.05) is 5.73 Å². The zero-order valence-corrected chi connectivity index (χ0v) is 15.1. The lowest BCUT2D eigenvalue weighted by Crippen LogP contribution is -2.16. The van der Waals surface area contributed by atoms with Gasteiger partial charge in [0, 0.05) is 11.6 Å². The first kappa shape index (κ1) is 20.2. The Bertz CT molecular complexity index is 986. The van der Waals surface area contributed by atoms with Gasteiger partial charge in [0.15, 0.2) is 0 Å². The van der Waals surface area contributed by atoms with E-state index in [2.05, 4.69) is 4.98 Å². The minimum Gasteiger partial charge on any atom is -0.507 e. The number of phenolic OH excluding ortho intramolecular Hbond substituents is 1. The monoisotopic (exact) mass is 384 g/mol. The van der Waals surface area contributed by atoms with Crippen LogP contribution < -0.4 is 11.5 Å². The van der Waals surface area contributed by atoms with Gasteiger partial charge >= 0.3 is 0 Å². The lowest BCUT2D eigenvalue weighted by molar-refractivity contribution is 0.477. The maximum absolute atomic E-state index is 13.1. The molecule has 0 aliphatic rings. The summed E-state index contributed by atoms with van der Waals surface area (Å²) in [6.07, 6.45) is 0.401. The topological polar surface area (TPSA) is 109 Å². The first-order valence-corrected chi connectivity index (χ1v) is 7.98. The van der Waals surface area contributed by atoms with Crippen molar-refractivity contribution in [3.05, 3.63) is 77.1 Å². The molecule has 0 spiro atoms. The fourth-order valence-electron chi connectivity index (χ4n) is 2.81. The van der Waals surface area contributed by atoms with Crippen LogP contribution in [0.2, 0.25) is 0 Å². The fraction of sp³-hybridized carbons (Fsp3) is 0.100. The van der Waals surface area contributed by atoms with Gasteiger partial charge in [-0.2, -0.15) is 5.26 Å². The highest BCUT2D eigenvalue weighted by molar-refractivity contribution is 5.85. The van der Waals surface area contributed by atoms with Crippen molar-refractivity contribution in [2.45, 2.75) is 12.5 Å². The van der Waals surface area contributed by atoms with E-state index in [1.165, 1.54) is 12.1 Å². The Morgan fingerprint density at radius 3 is 2.44 bits per heavy atom. The summed E-state index contributed by atoms with van der Waals surface area (Å²) in [7, 11) is 0. The average molecular weight is 385 g/mol. The molecule has 7 heteroatoms. The van der Waals surface area contributed by atoms with Crippen LogP contribution in [-0.4, -0.2) is 10.1 Å². The van der Waals surface area contributed by atoms with E-state index in [1.54, 1.807) is 42.5 Å². The Hall–Kier alpha value is -3.14. The predicted molar refractivity (Wildman–Crippen MR) is 105 cm³/mol. The van der Waals surface area contributed by atoms with Crippen LogP contribution >= 0.6 is 12.4 Å². The van der Waals surface area contributed by atoms with Crippen molar-refractivity contribution in [2.24, 2.45) is 5.73 Å². The van der Waals surface area contributed by atoms with Gasteiger partial charge < -0.3 is 16.6 Å². The molecule has 5 N–H and O–H groups in total. The molecule has 0 radical (unpaired) electrons.